The normalized spacial score (nSPS) is 18.7. The van der Waals surface area contributed by atoms with Gasteiger partial charge in [-0.1, -0.05) is 0 Å². The largest absolute Gasteiger partial charge is 1.00 e. The first-order chi connectivity index (χ1) is 17.7. The van der Waals surface area contributed by atoms with E-state index >= 15 is 0 Å². The van der Waals surface area contributed by atoms with Gasteiger partial charge in [0.15, 0.2) is 0 Å². The van der Waals surface area contributed by atoms with E-state index in [9.17, 15) is 0 Å². The summed E-state index contributed by atoms with van der Waals surface area (Å²) in [4.78, 5) is 0. The van der Waals surface area contributed by atoms with Crippen molar-refractivity contribution in [2.75, 3.05) is 0 Å². The molecule has 0 heterocycles. The zero-order valence-corrected chi connectivity index (χ0v) is 26.0. The van der Waals surface area contributed by atoms with E-state index in [1.54, 1.807) is 16.3 Å². The smallest absolute Gasteiger partial charge is 1.00 e. The Balaban J connectivity index is 0.00000168. The Morgan fingerprint density at radius 1 is 0.711 bits per heavy atom. The van der Waals surface area contributed by atoms with E-state index in [0.29, 0.717) is 8.45 Å². The van der Waals surface area contributed by atoms with Crippen LogP contribution in [0.25, 0.3) is 11.1 Å². The molecule has 2 unspecified atom stereocenters. The third-order valence-corrected chi connectivity index (χ3v) is 11.9. The molecule has 3 aromatic rings. The average Bonchev–Trinajstić information content (AvgIpc) is 3.43. The van der Waals surface area contributed by atoms with Crippen LogP contribution in [-0.4, -0.2) is 13.6 Å². The van der Waals surface area contributed by atoms with Gasteiger partial charge in [0.05, 0.1) is 0 Å². The van der Waals surface area contributed by atoms with Crippen LogP contribution in [0.2, 0.25) is 13.1 Å². The maximum Gasteiger partial charge on any atom is -1.00 e. The number of benzene rings is 3. The van der Waals surface area contributed by atoms with E-state index in [1.807, 2.05) is 0 Å². The number of allylic oxidation sites excluding steroid dienone is 8. The molecule has 0 aliphatic heterocycles. The van der Waals surface area contributed by atoms with Gasteiger partial charge in [0.25, 0.3) is 0 Å². The fourth-order valence-electron chi connectivity index (χ4n) is 5.82. The molecule has 0 spiro atoms. The van der Waals surface area contributed by atoms with Crippen LogP contribution >= 0.6 is 0 Å². The van der Waals surface area contributed by atoms with Crippen LogP contribution in [0.1, 0.15) is 49.1 Å². The second kappa shape index (κ2) is 12.9. The monoisotopic (exact) mass is 586 g/mol. The van der Waals surface area contributed by atoms with Crippen molar-refractivity contribution in [1.82, 2.24) is 0 Å². The van der Waals surface area contributed by atoms with Crippen LogP contribution in [0, 0.1) is 0 Å². The van der Waals surface area contributed by atoms with Gasteiger partial charge in [-0.05, 0) is 0 Å². The molecule has 0 N–H and O–H groups in total. The Morgan fingerprint density at radius 2 is 1.26 bits per heavy atom. The Hall–Kier alpha value is -2.00. The Labute approximate surface area is 250 Å². The van der Waals surface area contributed by atoms with Gasteiger partial charge in [0.2, 0.25) is 0 Å². The molecule has 3 aromatic carbocycles. The molecule has 6 rings (SSSR count). The van der Waals surface area contributed by atoms with Crippen molar-refractivity contribution >= 4 is 24.7 Å². The van der Waals surface area contributed by atoms with Crippen molar-refractivity contribution in [1.29, 1.82) is 0 Å². The van der Waals surface area contributed by atoms with Crippen molar-refractivity contribution in [2.24, 2.45) is 0 Å². The molecule has 0 amide bonds. The van der Waals surface area contributed by atoms with Gasteiger partial charge in [0, 0.05) is 0 Å². The minimum absolute atomic E-state index is 0. The van der Waals surface area contributed by atoms with Crippen molar-refractivity contribution in [3.05, 3.63) is 143 Å². The summed E-state index contributed by atoms with van der Waals surface area (Å²) in [6.07, 6.45) is 15.7. The first kappa shape index (κ1) is 29.0. The van der Waals surface area contributed by atoms with Crippen LogP contribution in [0.15, 0.2) is 115 Å². The molecule has 0 bridgehead atoms. The van der Waals surface area contributed by atoms with E-state index in [2.05, 4.69) is 122 Å². The summed E-state index contributed by atoms with van der Waals surface area (Å²) in [5.74, 6) is 0. The van der Waals surface area contributed by atoms with E-state index in [0.717, 1.165) is 19.3 Å². The maximum atomic E-state index is 2.64. The van der Waals surface area contributed by atoms with Gasteiger partial charge in [-0.25, -0.2) is 0 Å². The summed E-state index contributed by atoms with van der Waals surface area (Å²) < 4.78 is 1.18. The predicted octanol–water partition coefficient (Wildman–Crippen LogP) is 2.38. The van der Waals surface area contributed by atoms with E-state index in [4.69, 9.17) is 0 Å². The molecule has 0 nitrogen and oxygen atoms in total. The zero-order valence-electron chi connectivity index (χ0n) is 21.9. The molecule has 3 aliphatic carbocycles. The summed E-state index contributed by atoms with van der Waals surface area (Å²) in [7, 11) is -0.373. The minimum atomic E-state index is -0.373. The molecule has 3 aliphatic rings. The zero-order chi connectivity index (χ0) is 24.5. The van der Waals surface area contributed by atoms with Gasteiger partial charge in [0.1, 0.15) is 0 Å². The molecular weight excluding hydrogens is 555 g/mol. The van der Waals surface area contributed by atoms with Gasteiger partial charge < -0.3 is 24.8 Å². The third kappa shape index (κ3) is 6.09. The number of rotatable bonds is 6. The second-order valence-electron chi connectivity index (χ2n) is 10.4. The van der Waals surface area contributed by atoms with Crippen LogP contribution in [0.5, 0.6) is 0 Å². The summed E-state index contributed by atoms with van der Waals surface area (Å²) in [5, 5.41) is 1.66. The topological polar surface area (TPSA) is 0 Å². The first-order valence-electron chi connectivity index (χ1n) is 13.1. The summed E-state index contributed by atoms with van der Waals surface area (Å²) in [6, 6.07) is 29.3. The summed E-state index contributed by atoms with van der Waals surface area (Å²) in [6.45, 7) is 4.83. The van der Waals surface area contributed by atoms with Crippen molar-refractivity contribution < 1.29 is 44.0 Å². The molecule has 0 aromatic heterocycles. The van der Waals surface area contributed by atoms with Crippen molar-refractivity contribution in [2.45, 2.75) is 40.8 Å². The number of hydrogen-bond donors (Lipinski definition) is 0. The van der Waals surface area contributed by atoms with Crippen molar-refractivity contribution in [3.63, 3.8) is 0 Å². The minimum Gasteiger partial charge on any atom is -1.00 e. The van der Waals surface area contributed by atoms with E-state index < -0.39 is 0 Å². The van der Waals surface area contributed by atoms with Crippen molar-refractivity contribution in [3.8, 4) is 0 Å². The van der Waals surface area contributed by atoms with E-state index in [-0.39, 0.29) is 52.4 Å². The van der Waals surface area contributed by atoms with Gasteiger partial charge in [-0.3, -0.25) is 0 Å². The second-order valence-corrected chi connectivity index (χ2v) is 15.5. The fourth-order valence-corrected chi connectivity index (χ4v) is 9.70. The van der Waals surface area contributed by atoms with Crippen LogP contribution < -0.4 is 24.8 Å². The molecule has 0 saturated carbocycles. The molecular formula is C34H32Cl2SiTi. The summed E-state index contributed by atoms with van der Waals surface area (Å²) in [5.41, 5.74) is 12.0. The molecule has 0 fully saturated rings. The standard InChI is InChI=1S/C18H19Si.C16H13.2ClH.Ti/c1-19(2)17-8-5-6-14(13-17)12-16-11-10-15-7-3-4-9-18(15)16;1-2-6-13(7-3-1)12-15-11-10-14-8-4-5-9-16(14)15;;;/h3-7,9-11,13H,8,12H2,1-2H3;1-11H,12H2;2*1H;/q;;;;+2/p-2. The van der Waals surface area contributed by atoms with Crippen LogP contribution in [0.4, 0.5) is 0 Å². The fraction of sp³-hybridized carbons (Fsp3) is 0.206. The maximum absolute atomic E-state index is 2.64. The average molecular weight is 587 g/mol. The summed E-state index contributed by atoms with van der Waals surface area (Å²) >= 11 is -0.298. The Morgan fingerprint density at radius 3 is 1.87 bits per heavy atom. The molecule has 2 atom stereocenters. The third-order valence-electron chi connectivity index (χ3n) is 7.68. The van der Waals surface area contributed by atoms with Crippen LogP contribution in [-0.2, 0) is 25.6 Å². The van der Waals surface area contributed by atoms with E-state index in [1.165, 1.54) is 33.4 Å². The quantitative estimate of drug-likeness (QED) is 0.389. The predicted molar refractivity (Wildman–Crippen MR) is 153 cm³/mol. The molecule has 0 saturated heterocycles. The van der Waals surface area contributed by atoms with Gasteiger partial charge in [-0.15, -0.1) is 0 Å². The van der Waals surface area contributed by atoms with Gasteiger partial charge >= 0.3 is 227 Å². The molecule has 190 valence electrons. The van der Waals surface area contributed by atoms with Crippen LogP contribution in [0.3, 0.4) is 0 Å². The SMILES string of the molecule is C[Si](C)=C1C=C(CC2=C[CH]([Ti+2][CH]3C=C(Cc4ccccc4)c4ccccc43)c3ccccc32)C=CC1.[Cl-].[Cl-]. The van der Waals surface area contributed by atoms with Gasteiger partial charge in [-0.2, -0.15) is 0 Å². The Kier molecular flexibility index (Phi) is 9.85. The Bertz CT molecular complexity index is 1460. The number of halogens is 2. The first-order valence-corrected chi connectivity index (χ1v) is 17.4. The molecule has 4 heteroatoms. The molecule has 38 heavy (non-hydrogen) atoms. The number of fused-ring (bicyclic) bond motifs is 2. The molecule has 0 radical (unpaired) electrons. The number of hydrogen-bond acceptors (Lipinski definition) is 0.